The Morgan fingerprint density at radius 1 is 1.33 bits per heavy atom. The zero-order chi connectivity index (χ0) is 12.1. The highest BCUT2D eigenvalue weighted by Crippen LogP contribution is 2.26. The minimum Gasteiger partial charge on any atom is -0.480 e. The van der Waals surface area contributed by atoms with Crippen LogP contribution in [0.3, 0.4) is 0 Å². The van der Waals surface area contributed by atoms with Gasteiger partial charge in [-0.1, -0.05) is 27.2 Å². The van der Waals surface area contributed by atoms with Crippen LogP contribution in [0.1, 0.15) is 53.4 Å². The van der Waals surface area contributed by atoms with E-state index in [9.17, 15) is 9.90 Å². The van der Waals surface area contributed by atoms with Crippen molar-refractivity contribution in [2.75, 3.05) is 7.05 Å². The molecule has 0 amide bonds. The number of carboxylic acid groups (broad SMARTS) is 1. The summed E-state index contributed by atoms with van der Waals surface area (Å²) in [6.07, 6.45) is 3.45. The first-order valence-electron chi connectivity index (χ1n) is 5.92. The summed E-state index contributed by atoms with van der Waals surface area (Å²) in [7, 11) is 1.93. The Labute approximate surface area is 93.5 Å². The first-order chi connectivity index (χ1) is 6.96. The van der Waals surface area contributed by atoms with Gasteiger partial charge in [0.2, 0.25) is 0 Å². The molecule has 1 unspecified atom stereocenters. The molecule has 0 radical (unpaired) electrons. The lowest BCUT2D eigenvalue weighted by Gasteiger charge is -2.40. The van der Waals surface area contributed by atoms with Crippen molar-refractivity contribution >= 4 is 5.97 Å². The van der Waals surface area contributed by atoms with E-state index in [-0.39, 0.29) is 0 Å². The molecule has 0 bridgehead atoms. The average molecular weight is 215 g/mol. The van der Waals surface area contributed by atoms with Crippen LogP contribution in [0.4, 0.5) is 0 Å². The second-order valence-corrected chi connectivity index (χ2v) is 4.29. The van der Waals surface area contributed by atoms with Crippen LogP contribution in [0.5, 0.6) is 0 Å². The van der Waals surface area contributed by atoms with Gasteiger partial charge in [-0.2, -0.15) is 0 Å². The van der Waals surface area contributed by atoms with E-state index in [0.717, 1.165) is 12.8 Å². The minimum atomic E-state index is -0.696. The van der Waals surface area contributed by atoms with Crippen molar-refractivity contribution in [2.45, 2.75) is 65.0 Å². The van der Waals surface area contributed by atoms with E-state index < -0.39 is 11.5 Å². The molecule has 0 aromatic carbocycles. The highest BCUT2D eigenvalue weighted by Gasteiger charge is 2.40. The van der Waals surface area contributed by atoms with Gasteiger partial charge in [-0.05, 0) is 33.2 Å². The fourth-order valence-corrected chi connectivity index (χ4v) is 2.24. The Balaban J connectivity index is 4.83. The topological polar surface area (TPSA) is 40.5 Å². The first-order valence-corrected chi connectivity index (χ1v) is 5.92. The summed E-state index contributed by atoms with van der Waals surface area (Å²) in [5.41, 5.74) is -0.686. The third-order valence-electron chi connectivity index (χ3n) is 3.61. The number of carboxylic acids is 1. The second-order valence-electron chi connectivity index (χ2n) is 4.29. The number of hydrogen-bond acceptors (Lipinski definition) is 2. The lowest BCUT2D eigenvalue weighted by atomic mass is 9.89. The van der Waals surface area contributed by atoms with Gasteiger partial charge < -0.3 is 5.11 Å². The molecule has 0 aliphatic heterocycles. The highest BCUT2D eigenvalue weighted by molar-refractivity contribution is 5.78. The minimum absolute atomic E-state index is 0.325. The zero-order valence-corrected chi connectivity index (χ0v) is 10.7. The van der Waals surface area contributed by atoms with Gasteiger partial charge >= 0.3 is 5.97 Å². The van der Waals surface area contributed by atoms with E-state index in [1.807, 2.05) is 25.8 Å². The molecule has 0 saturated heterocycles. The second kappa shape index (κ2) is 6.11. The van der Waals surface area contributed by atoms with E-state index in [2.05, 4.69) is 13.8 Å². The smallest absolute Gasteiger partial charge is 0.324 e. The monoisotopic (exact) mass is 215 g/mol. The van der Waals surface area contributed by atoms with Gasteiger partial charge in [0.1, 0.15) is 5.54 Å². The first kappa shape index (κ1) is 14.4. The van der Waals surface area contributed by atoms with Gasteiger partial charge in [-0.15, -0.1) is 0 Å². The van der Waals surface area contributed by atoms with Gasteiger partial charge in [0.25, 0.3) is 0 Å². The molecule has 1 atom stereocenters. The van der Waals surface area contributed by atoms with Crippen LogP contribution in [0.2, 0.25) is 0 Å². The Hall–Kier alpha value is -0.570. The van der Waals surface area contributed by atoms with Crippen molar-refractivity contribution in [1.29, 1.82) is 0 Å². The molecular formula is C12H25NO2. The van der Waals surface area contributed by atoms with E-state index in [1.54, 1.807) is 0 Å². The van der Waals surface area contributed by atoms with E-state index >= 15 is 0 Å². The maximum atomic E-state index is 11.4. The molecule has 0 fully saturated rings. The summed E-state index contributed by atoms with van der Waals surface area (Å²) < 4.78 is 0. The lowest BCUT2D eigenvalue weighted by molar-refractivity contribution is -0.153. The van der Waals surface area contributed by atoms with Crippen molar-refractivity contribution in [3.8, 4) is 0 Å². The van der Waals surface area contributed by atoms with Gasteiger partial charge in [0.05, 0.1) is 0 Å². The predicted molar refractivity (Wildman–Crippen MR) is 63.1 cm³/mol. The van der Waals surface area contributed by atoms with Crippen molar-refractivity contribution in [2.24, 2.45) is 0 Å². The molecule has 90 valence electrons. The molecule has 3 heteroatoms. The Bertz CT molecular complexity index is 200. The lowest BCUT2D eigenvalue weighted by Crippen LogP contribution is -2.55. The molecule has 0 rings (SSSR count). The van der Waals surface area contributed by atoms with E-state index in [0.29, 0.717) is 18.9 Å². The average Bonchev–Trinajstić information content (AvgIpc) is 2.20. The van der Waals surface area contributed by atoms with Crippen LogP contribution in [0, 0.1) is 0 Å². The molecule has 0 spiro atoms. The predicted octanol–water partition coefficient (Wildman–Crippen LogP) is 2.75. The van der Waals surface area contributed by atoms with Crippen LogP contribution in [0.25, 0.3) is 0 Å². The van der Waals surface area contributed by atoms with Crippen LogP contribution in [0.15, 0.2) is 0 Å². The number of hydrogen-bond donors (Lipinski definition) is 1. The Morgan fingerprint density at radius 3 is 2.07 bits per heavy atom. The highest BCUT2D eigenvalue weighted by atomic mass is 16.4. The molecule has 0 heterocycles. The van der Waals surface area contributed by atoms with Crippen molar-refractivity contribution in [3.05, 3.63) is 0 Å². The zero-order valence-electron chi connectivity index (χ0n) is 10.7. The van der Waals surface area contributed by atoms with Crippen LogP contribution in [-0.2, 0) is 4.79 Å². The van der Waals surface area contributed by atoms with Gasteiger partial charge in [-0.25, -0.2) is 0 Å². The largest absolute Gasteiger partial charge is 0.480 e. The number of likely N-dealkylation sites (N-methyl/N-ethyl adjacent to an activating group) is 1. The third-order valence-corrected chi connectivity index (χ3v) is 3.61. The molecule has 3 nitrogen and oxygen atoms in total. The van der Waals surface area contributed by atoms with Crippen molar-refractivity contribution < 1.29 is 9.90 Å². The Kier molecular flexibility index (Phi) is 5.88. The molecule has 0 aromatic heterocycles. The van der Waals surface area contributed by atoms with Gasteiger partial charge in [0, 0.05) is 6.04 Å². The fourth-order valence-electron chi connectivity index (χ4n) is 2.24. The quantitative estimate of drug-likeness (QED) is 0.710. The van der Waals surface area contributed by atoms with Gasteiger partial charge in [-0.3, -0.25) is 9.69 Å². The molecule has 0 aliphatic carbocycles. The van der Waals surface area contributed by atoms with Crippen molar-refractivity contribution in [3.63, 3.8) is 0 Å². The molecule has 0 saturated carbocycles. The molecule has 0 aliphatic rings. The number of rotatable bonds is 7. The van der Waals surface area contributed by atoms with E-state index in [4.69, 9.17) is 0 Å². The van der Waals surface area contributed by atoms with Crippen LogP contribution < -0.4 is 0 Å². The summed E-state index contributed by atoms with van der Waals surface area (Å²) in [6.45, 7) is 8.14. The standard InChI is InChI=1S/C12H25NO2/c1-6-9-10(4)13(5)12(7-2,8-3)11(14)15/h10H,6-9H2,1-5H3,(H,14,15). The Morgan fingerprint density at radius 2 is 1.80 bits per heavy atom. The molecule has 0 aromatic rings. The van der Waals surface area contributed by atoms with Crippen molar-refractivity contribution in [1.82, 2.24) is 4.90 Å². The SMILES string of the molecule is CCCC(C)N(C)C(CC)(CC)C(=O)O. The summed E-state index contributed by atoms with van der Waals surface area (Å²) in [5.74, 6) is -0.696. The summed E-state index contributed by atoms with van der Waals surface area (Å²) in [4.78, 5) is 13.4. The van der Waals surface area contributed by atoms with Crippen LogP contribution in [-0.4, -0.2) is 34.6 Å². The fraction of sp³-hybridized carbons (Fsp3) is 0.917. The maximum Gasteiger partial charge on any atom is 0.324 e. The van der Waals surface area contributed by atoms with Gasteiger partial charge in [0.15, 0.2) is 0 Å². The normalized spacial score (nSPS) is 14.3. The van der Waals surface area contributed by atoms with E-state index in [1.165, 1.54) is 0 Å². The summed E-state index contributed by atoms with van der Waals surface area (Å²) >= 11 is 0. The number of aliphatic carboxylic acids is 1. The molecule has 1 N–H and O–H groups in total. The maximum absolute atomic E-state index is 11.4. The van der Waals surface area contributed by atoms with Crippen LogP contribution >= 0.6 is 0 Å². The number of carbonyl (C=O) groups is 1. The summed E-state index contributed by atoms with van der Waals surface area (Å²) in [5, 5.41) is 9.37. The third kappa shape index (κ3) is 2.94. The molecular weight excluding hydrogens is 190 g/mol. The summed E-state index contributed by atoms with van der Waals surface area (Å²) in [6, 6.07) is 0.325. The number of nitrogens with zero attached hydrogens (tertiary/aromatic N) is 1. The molecule has 15 heavy (non-hydrogen) atoms.